The summed E-state index contributed by atoms with van der Waals surface area (Å²) < 4.78 is 96.2. The van der Waals surface area contributed by atoms with Gasteiger partial charge in [0.2, 0.25) is 11.8 Å². The number of rotatable bonds is 42. The molecule has 11 saturated heterocycles. The van der Waals surface area contributed by atoms with E-state index in [1.165, 1.54) is 70.6 Å². The minimum atomic E-state index is -1.36. The third-order valence-corrected chi connectivity index (χ3v) is 33.7. The van der Waals surface area contributed by atoms with Gasteiger partial charge in [-0.1, -0.05) is 121 Å². The van der Waals surface area contributed by atoms with Crippen LogP contribution in [-0.4, -0.2) is 382 Å². The van der Waals surface area contributed by atoms with E-state index in [9.17, 15) is 69.6 Å². The number of likely N-dealkylation sites (tertiary alicyclic amines) is 2. The fourth-order valence-corrected chi connectivity index (χ4v) is 25.5. The molecule has 141 heavy (non-hydrogen) atoms. The number of alkyl halides is 2. The van der Waals surface area contributed by atoms with E-state index >= 15 is 0 Å². The number of halogens is 2. The van der Waals surface area contributed by atoms with Crippen molar-refractivity contribution in [2.24, 2.45) is 35.5 Å². The molecular weight excluding hydrogens is 1990 g/mol. The summed E-state index contributed by atoms with van der Waals surface area (Å²) in [5.74, 6) is -2.39. The normalized spacial score (nSPS) is 37.9. The van der Waals surface area contributed by atoms with E-state index in [0.717, 1.165) is 90.1 Å². The van der Waals surface area contributed by atoms with Gasteiger partial charge < -0.3 is 127 Å². The lowest BCUT2D eigenvalue weighted by Crippen LogP contribution is -2.65. The number of aliphatic hydroxyl groups is 8. The van der Waals surface area contributed by atoms with Gasteiger partial charge in [0.15, 0.2) is 41.8 Å². The molecule has 34 nitrogen and oxygen atoms in total. The molecule has 11 aliphatic rings. The van der Waals surface area contributed by atoms with E-state index in [1.807, 2.05) is 114 Å². The van der Waals surface area contributed by atoms with Gasteiger partial charge in [0, 0.05) is 38.8 Å². The zero-order chi connectivity index (χ0) is 105. The first-order chi connectivity index (χ1) is 66.4. The number of ether oxygens (including phenoxy) is 16. The minimum absolute atomic E-state index is 0.00770. The number of nitrogens with zero attached hydrogens (tertiary/aromatic N) is 2. The van der Waals surface area contributed by atoms with Crippen LogP contribution in [0.4, 0.5) is 0 Å². The molecule has 0 radical (unpaired) electrons. The predicted molar refractivity (Wildman–Crippen MR) is 549 cm³/mol. The molecule has 0 spiro atoms. The fraction of sp³-hybridized carbons (Fsp3) is 0.939. The fourth-order valence-electron chi connectivity index (χ4n) is 20.9. The number of hydrogen-bond acceptors (Lipinski definition) is 38. The van der Waals surface area contributed by atoms with Crippen LogP contribution in [0.5, 0.6) is 0 Å². The van der Waals surface area contributed by atoms with Crippen molar-refractivity contribution in [3.05, 3.63) is 0 Å². The zero-order valence-electron chi connectivity index (χ0n) is 88.0. The summed E-state index contributed by atoms with van der Waals surface area (Å²) in [5.41, 5.74) is -2.90. The number of aliphatic hydroxyl groups excluding tert-OH is 8. The highest BCUT2D eigenvalue weighted by atomic mass is 35.5. The quantitative estimate of drug-likeness (QED) is 0.0117. The number of unbranched alkanes of at least 4 members (excludes halogenated alkanes) is 8. The minimum Gasteiger partial charge on any atom is -0.456 e. The van der Waals surface area contributed by atoms with Crippen molar-refractivity contribution in [3.63, 3.8) is 0 Å². The molecule has 0 aromatic heterocycles. The van der Waals surface area contributed by atoms with Crippen molar-refractivity contribution >= 4 is 129 Å². The van der Waals surface area contributed by atoms with Gasteiger partial charge >= 0.3 is 23.9 Å². The second-order valence-corrected chi connectivity index (χ2v) is 49.3. The Balaban J connectivity index is 0.000000235. The van der Waals surface area contributed by atoms with E-state index in [-0.39, 0.29) is 125 Å². The molecule has 34 unspecified atom stereocenters. The highest BCUT2D eigenvalue weighted by Gasteiger charge is 2.62. The molecule has 0 saturated carbocycles. The van der Waals surface area contributed by atoms with Crippen molar-refractivity contribution in [1.82, 2.24) is 20.4 Å². The van der Waals surface area contributed by atoms with Gasteiger partial charge in [0.25, 0.3) is 0 Å². The molecule has 42 heteroatoms. The number of carbonyl (C=O) groups excluding carboxylic acids is 6. The Hall–Kier alpha value is -1.38. The molecule has 2 amide bonds. The molecule has 38 atom stereocenters. The number of amides is 2. The summed E-state index contributed by atoms with van der Waals surface area (Å²) in [4.78, 5) is 80.7. The summed E-state index contributed by atoms with van der Waals surface area (Å²) in [7, 11) is 3.94. The lowest BCUT2D eigenvalue weighted by Gasteiger charge is -2.44. The van der Waals surface area contributed by atoms with Gasteiger partial charge in [0.1, 0.15) is 130 Å². The number of thioether (sulfide) groups is 6. The lowest BCUT2D eigenvalue weighted by atomic mass is 9.92. The molecule has 0 aromatic carbocycles. The third-order valence-electron chi connectivity index (χ3n) is 28.1. The Morgan fingerprint density at radius 1 is 0.340 bits per heavy atom. The SMILES string of the molecule is CCC[C@@H]1C[C@@H](C(=O)NC(C(C)Cl)C2OC(SC)C(O)C(O)C2O)N(C)C1.CCC[C@@H]1C[C@@H](C(=O)NC(C(C)Cl)C2OC(SC)C(O)C3OC(C)(C)OC32)N(C)C1.CSC1OC(C(C)C)C(O)C(O)C1OC(=O)CCCCCCCC(=O)OC1C(SC)OC(C(C)C)C(O)C1O.CSC1OC(C(C)C)C2OC(C)(C)OC2C1OC(=O)CCCCCCCC(=O)OC1C(SC)OC(C(C)C)C2OC(C)(C)OC12. The highest BCUT2D eigenvalue weighted by Crippen LogP contribution is 2.48. The third kappa shape index (κ3) is 34.3. The van der Waals surface area contributed by atoms with Crippen LogP contribution in [-0.2, 0) is 105 Å². The van der Waals surface area contributed by atoms with Crippen LogP contribution in [0.2, 0.25) is 0 Å². The monoisotopic (exact) mass is 2160 g/mol. The first kappa shape index (κ1) is 125. The van der Waals surface area contributed by atoms with Crippen LogP contribution in [0.1, 0.15) is 253 Å². The van der Waals surface area contributed by atoms with Crippen LogP contribution in [0.3, 0.4) is 0 Å². The predicted octanol–water partition coefficient (Wildman–Crippen LogP) is 11.1. The van der Waals surface area contributed by atoms with Gasteiger partial charge in [-0.3, -0.25) is 38.6 Å². The largest absolute Gasteiger partial charge is 0.456 e. The summed E-state index contributed by atoms with van der Waals surface area (Å²) in [6.45, 7) is 36.9. The Kier molecular flexibility index (Phi) is 51.4. The molecule has 0 bridgehead atoms. The maximum Gasteiger partial charge on any atom is 0.306 e. The maximum absolute atomic E-state index is 13.2. The number of esters is 4. The van der Waals surface area contributed by atoms with E-state index in [0.29, 0.717) is 50.4 Å². The standard InChI is InChI=1S/C33H56O10S2.C27H48O10S2.C21H37ClN2O5S.C18H33ClN2O5S/c1-18(2)22-24-26(42-32(5,6)40-24)28(30(38-22)44-9)36-20(34)16-14-12-11-13-15-17-21(35)37-29-27-25(41-33(7,8)43-27)23(19(3)4)39-31(29)45-10;1-14(2)22-18(30)20(32)24(26(36-22)38-5)34-16(28)12-10-8-7-9-11-13-17(29)35-25-21(33)19(31)23(15(3)4)37-27(25)39-6;1-7-8-12-9-13(24(5)10-12)19(26)23-14(11(2)22)16-18-17(28-21(3,4)29-18)15(25)20(27-16)30-6;1-5-6-10-7-11(21(3)8-10)17(25)20-12(9(2)19)16-14(23)13(22)15(24)18(26-16)27-4/h18-19,22-31H,11-17H2,1-10H3;14-15,18-27,30-33H,7-13H2,1-6H3;11-18,20,25H,7-10H2,1-6H3,(H,23,26);9-16,18,22-24H,5-8H2,1-4H3,(H,20,25)/t;;11?,12-,13+,14?,15?,16?,17?,18?,20?;9?,10-,11+,12?,13?,14?,15?,16?,18?/m..11/s1. The van der Waals surface area contributed by atoms with E-state index < -0.39 is 178 Å². The van der Waals surface area contributed by atoms with Crippen LogP contribution < -0.4 is 10.6 Å². The van der Waals surface area contributed by atoms with Crippen molar-refractivity contribution in [1.29, 1.82) is 0 Å². The number of likely N-dealkylation sites (N-methyl/N-ethyl adjacent to an activating group) is 2. The van der Waals surface area contributed by atoms with E-state index in [2.05, 4.69) is 57.1 Å². The Labute approximate surface area is 874 Å². The average molecular weight is 2160 g/mol. The molecule has 11 fully saturated rings. The van der Waals surface area contributed by atoms with Crippen molar-refractivity contribution in [2.45, 2.75) is 484 Å². The topological polar surface area (TPSA) is 442 Å². The lowest BCUT2D eigenvalue weighted by molar-refractivity contribution is -0.221. The summed E-state index contributed by atoms with van der Waals surface area (Å²) >= 11 is 21.2. The van der Waals surface area contributed by atoms with Gasteiger partial charge in [-0.25, -0.2) is 0 Å². The van der Waals surface area contributed by atoms with E-state index in [1.54, 1.807) is 25.7 Å². The Morgan fingerprint density at radius 3 is 0.922 bits per heavy atom. The Morgan fingerprint density at radius 2 is 0.603 bits per heavy atom. The summed E-state index contributed by atoms with van der Waals surface area (Å²) in [5, 5.41) is 88.3. The summed E-state index contributed by atoms with van der Waals surface area (Å²) in [6, 6.07) is -1.57. The summed E-state index contributed by atoms with van der Waals surface area (Å²) in [6.07, 6.45) is 8.51. The molecule has 0 aromatic rings. The molecule has 11 rings (SSSR count). The van der Waals surface area contributed by atoms with Crippen molar-refractivity contribution < 1.29 is 145 Å². The number of carbonyl (C=O) groups is 6. The van der Waals surface area contributed by atoms with Crippen LogP contribution in [0.25, 0.3) is 0 Å². The van der Waals surface area contributed by atoms with Crippen LogP contribution >= 0.6 is 93.8 Å². The van der Waals surface area contributed by atoms with Gasteiger partial charge in [0.05, 0.1) is 59.3 Å². The first-order valence-corrected chi connectivity index (χ1v) is 59.7. The second-order valence-electron chi connectivity index (χ2n) is 42.3. The Bertz CT molecular complexity index is 3630. The molecule has 11 aliphatic heterocycles. The van der Waals surface area contributed by atoms with E-state index in [4.69, 9.17) is 99.0 Å². The van der Waals surface area contributed by atoms with Crippen molar-refractivity contribution in [2.75, 3.05) is 64.7 Å². The molecule has 820 valence electrons. The molecular formula is C99H174Cl2N4O30S6. The van der Waals surface area contributed by atoms with Crippen LogP contribution in [0.15, 0.2) is 0 Å². The molecule has 0 aliphatic carbocycles. The van der Waals surface area contributed by atoms with Crippen LogP contribution in [0, 0.1) is 35.5 Å². The molecule has 11 heterocycles. The number of hydrogen-bond donors (Lipinski definition) is 10. The second kappa shape index (κ2) is 58.1. The van der Waals surface area contributed by atoms with Crippen molar-refractivity contribution in [3.8, 4) is 0 Å². The zero-order valence-corrected chi connectivity index (χ0v) is 94.4. The first-order valence-electron chi connectivity index (χ1n) is 51.0. The molecule has 10 N–H and O–H groups in total. The number of fused-ring (bicyclic) bond motifs is 3. The van der Waals surface area contributed by atoms with Gasteiger partial charge in [-0.15, -0.1) is 93.8 Å². The maximum atomic E-state index is 13.2. The highest BCUT2D eigenvalue weighted by molar-refractivity contribution is 8.00. The number of nitrogens with one attached hydrogen (secondary N) is 2. The van der Waals surface area contributed by atoms with Gasteiger partial charge in [-0.2, -0.15) is 0 Å². The average Bonchev–Trinajstić information content (AvgIpc) is 1.61. The smallest absolute Gasteiger partial charge is 0.306 e. The van der Waals surface area contributed by atoms with Gasteiger partial charge in [-0.05, 0) is 194 Å².